The van der Waals surface area contributed by atoms with Crippen LogP contribution in [0.25, 0.3) is 0 Å². The first-order valence-corrected chi connectivity index (χ1v) is 4.42. The van der Waals surface area contributed by atoms with E-state index in [1.54, 1.807) is 4.90 Å². The van der Waals surface area contributed by atoms with E-state index in [0.717, 1.165) is 0 Å². The zero-order valence-electron chi connectivity index (χ0n) is 7.98. The number of carbonyl (C=O) groups is 2. The third-order valence-corrected chi connectivity index (χ3v) is 1.71. The summed E-state index contributed by atoms with van der Waals surface area (Å²) in [7, 11) is 0. The molecule has 0 aromatic rings. The zero-order valence-corrected chi connectivity index (χ0v) is 7.98. The smallest absolute Gasteiger partial charge is 0.304 e. The molecular weight excluding hydrogens is 188 g/mol. The Balaban J connectivity index is 3.64. The van der Waals surface area contributed by atoms with Gasteiger partial charge in [-0.05, 0) is 0 Å². The summed E-state index contributed by atoms with van der Waals surface area (Å²) in [5.74, 6) is -0.865. The maximum atomic E-state index is 10.3. The molecule has 3 N–H and O–H groups in total. The number of aliphatic hydroxyl groups is 1. The highest BCUT2D eigenvalue weighted by atomic mass is 16.4. The van der Waals surface area contributed by atoms with Crippen molar-refractivity contribution in [1.82, 2.24) is 10.2 Å². The van der Waals surface area contributed by atoms with Crippen LogP contribution in [0.4, 0.5) is 0 Å². The Labute approximate surface area is 82.5 Å². The number of aliphatic carboxylic acids is 1. The largest absolute Gasteiger partial charge is 0.481 e. The van der Waals surface area contributed by atoms with E-state index in [9.17, 15) is 9.59 Å². The number of hydrogen-bond donors (Lipinski definition) is 3. The number of amides is 1. The van der Waals surface area contributed by atoms with E-state index >= 15 is 0 Å². The van der Waals surface area contributed by atoms with Crippen molar-refractivity contribution in [3.05, 3.63) is 0 Å². The molecule has 0 unspecified atom stereocenters. The van der Waals surface area contributed by atoms with Gasteiger partial charge in [0.15, 0.2) is 0 Å². The number of nitrogens with one attached hydrogen (secondary N) is 1. The van der Waals surface area contributed by atoms with E-state index in [4.69, 9.17) is 10.2 Å². The second kappa shape index (κ2) is 8.46. The lowest BCUT2D eigenvalue weighted by Crippen LogP contribution is -2.35. The number of rotatable bonds is 9. The number of nitrogens with zero attached hydrogens (tertiary/aromatic N) is 1. The molecule has 0 rings (SSSR count). The quantitative estimate of drug-likeness (QED) is 0.314. The van der Waals surface area contributed by atoms with Gasteiger partial charge in [0.25, 0.3) is 0 Å². The lowest BCUT2D eigenvalue weighted by molar-refractivity contribution is -0.137. The van der Waals surface area contributed by atoms with E-state index in [0.29, 0.717) is 32.6 Å². The normalized spacial score (nSPS) is 10.1. The molecule has 0 radical (unpaired) electrons. The van der Waals surface area contributed by atoms with Crippen molar-refractivity contribution in [1.29, 1.82) is 0 Å². The van der Waals surface area contributed by atoms with Gasteiger partial charge in [0.2, 0.25) is 6.41 Å². The Hall–Kier alpha value is -1.14. The SMILES string of the molecule is O=CNCCN(CCO)CCC(=O)O. The Kier molecular flexibility index (Phi) is 7.77. The van der Waals surface area contributed by atoms with Crippen molar-refractivity contribution < 1.29 is 19.8 Å². The molecule has 0 saturated heterocycles. The minimum absolute atomic E-state index is 0.0132. The summed E-state index contributed by atoms with van der Waals surface area (Å²) >= 11 is 0. The zero-order chi connectivity index (χ0) is 10.8. The van der Waals surface area contributed by atoms with E-state index < -0.39 is 5.97 Å². The molecule has 0 aliphatic carbocycles. The van der Waals surface area contributed by atoms with Gasteiger partial charge in [0.05, 0.1) is 13.0 Å². The molecule has 0 saturated carbocycles. The van der Waals surface area contributed by atoms with Crippen LogP contribution in [0.15, 0.2) is 0 Å². The fourth-order valence-electron chi connectivity index (χ4n) is 1.01. The van der Waals surface area contributed by atoms with Gasteiger partial charge in [-0.25, -0.2) is 0 Å². The molecule has 6 nitrogen and oxygen atoms in total. The molecule has 0 spiro atoms. The van der Waals surface area contributed by atoms with Crippen LogP contribution in [0.5, 0.6) is 0 Å². The summed E-state index contributed by atoms with van der Waals surface area (Å²) < 4.78 is 0. The first-order chi connectivity index (χ1) is 6.70. The van der Waals surface area contributed by atoms with Crippen molar-refractivity contribution in [3.63, 3.8) is 0 Å². The molecule has 1 amide bonds. The van der Waals surface area contributed by atoms with Gasteiger partial charge in [0.1, 0.15) is 0 Å². The van der Waals surface area contributed by atoms with Crippen LogP contribution in [0.1, 0.15) is 6.42 Å². The molecule has 0 aromatic heterocycles. The molecule has 0 aliphatic rings. The van der Waals surface area contributed by atoms with Crippen LogP contribution in [-0.2, 0) is 9.59 Å². The Morgan fingerprint density at radius 3 is 2.57 bits per heavy atom. The highest BCUT2D eigenvalue weighted by Crippen LogP contribution is 1.90. The fraction of sp³-hybridized carbons (Fsp3) is 0.750. The molecular formula is C8H16N2O4. The minimum Gasteiger partial charge on any atom is -0.481 e. The van der Waals surface area contributed by atoms with Crippen molar-refractivity contribution in [2.45, 2.75) is 6.42 Å². The van der Waals surface area contributed by atoms with Gasteiger partial charge in [-0.15, -0.1) is 0 Å². The Morgan fingerprint density at radius 2 is 2.07 bits per heavy atom. The highest BCUT2D eigenvalue weighted by molar-refractivity contribution is 5.66. The van der Waals surface area contributed by atoms with Crippen LogP contribution >= 0.6 is 0 Å². The van der Waals surface area contributed by atoms with Crippen molar-refractivity contribution in [2.75, 3.05) is 32.8 Å². The third-order valence-electron chi connectivity index (χ3n) is 1.71. The fourth-order valence-corrected chi connectivity index (χ4v) is 1.01. The third kappa shape index (κ3) is 7.51. The van der Waals surface area contributed by atoms with Crippen LogP contribution < -0.4 is 5.32 Å². The average Bonchev–Trinajstić information content (AvgIpc) is 2.14. The first kappa shape index (κ1) is 12.9. The van der Waals surface area contributed by atoms with E-state index in [2.05, 4.69) is 5.32 Å². The Bertz CT molecular complexity index is 175. The molecule has 0 heterocycles. The lowest BCUT2D eigenvalue weighted by atomic mass is 10.3. The summed E-state index contributed by atoms with van der Waals surface area (Å²) in [4.78, 5) is 22.0. The predicted molar refractivity (Wildman–Crippen MR) is 49.8 cm³/mol. The van der Waals surface area contributed by atoms with Gasteiger partial charge in [-0.2, -0.15) is 0 Å². The second-order valence-electron chi connectivity index (χ2n) is 2.78. The molecule has 0 aliphatic heterocycles. The summed E-state index contributed by atoms with van der Waals surface area (Å²) in [5, 5.41) is 19.6. The molecule has 14 heavy (non-hydrogen) atoms. The topological polar surface area (TPSA) is 89.9 Å². The maximum Gasteiger partial charge on any atom is 0.304 e. The summed E-state index contributed by atoms with van der Waals surface area (Å²) in [6, 6.07) is 0. The predicted octanol–water partition coefficient (Wildman–Crippen LogP) is -1.50. The van der Waals surface area contributed by atoms with Crippen molar-refractivity contribution >= 4 is 12.4 Å². The van der Waals surface area contributed by atoms with E-state index in [1.807, 2.05) is 0 Å². The van der Waals surface area contributed by atoms with Crippen LogP contribution in [0, 0.1) is 0 Å². The van der Waals surface area contributed by atoms with Gasteiger partial charge < -0.3 is 15.5 Å². The van der Waals surface area contributed by atoms with Crippen LogP contribution in [0.3, 0.4) is 0 Å². The number of carboxylic acids is 1. The molecule has 0 bridgehead atoms. The molecule has 0 fully saturated rings. The van der Waals surface area contributed by atoms with Crippen LogP contribution in [0.2, 0.25) is 0 Å². The van der Waals surface area contributed by atoms with Gasteiger partial charge in [-0.3, -0.25) is 14.5 Å². The van der Waals surface area contributed by atoms with Crippen molar-refractivity contribution in [3.8, 4) is 0 Å². The monoisotopic (exact) mass is 204 g/mol. The summed E-state index contributed by atoms with van der Waals surface area (Å²) in [6.45, 7) is 1.81. The molecule has 82 valence electrons. The molecule has 0 atom stereocenters. The summed E-state index contributed by atoms with van der Waals surface area (Å²) in [6.07, 6.45) is 0.634. The average molecular weight is 204 g/mol. The first-order valence-electron chi connectivity index (χ1n) is 4.42. The van der Waals surface area contributed by atoms with Crippen LogP contribution in [-0.4, -0.2) is 60.3 Å². The molecule has 6 heteroatoms. The number of aliphatic hydroxyl groups excluding tert-OH is 1. The van der Waals surface area contributed by atoms with Crippen molar-refractivity contribution in [2.24, 2.45) is 0 Å². The maximum absolute atomic E-state index is 10.3. The lowest BCUT2D eigenvalue weighted by Gasteiger charge is -2.19. The molecule has 0 aromatic carbocycles. The standard InChI is InChI=1S/C8H16N2O4/c11-6-5-10(3-1-8(13)14)4-2-9-7-12/h7,11H,1-6H2,(H,9,12)(H,13,14). The summed E-state index contributed by atoms with van der Waals surface area (Å²) in [5.41, 5.74) is 0. The van der Waals surface area contributed by atoms with E-state index in [1.165, 1.54) is 0 Å². The number of carboxylic acid groups (broad SMARTS) is 1. The number of hydrogen-bond acceptors (Lipinski definition) is 4. The highest BCUT2D eigenvalue weighted by Gasteiger charge is 2.05. The Morgan fingerprint density at radius 1 is 1.36 bits per heavy atom. The van der Waals surface area contributed by atoms with Gasteiger partial charge >= 0.3 is 5.97 Å². The van der Waals surface area contributed by atoms with Gasteiger partial charge in [-0.1, -0.05) is 0 Å². The van der Waals surface area contributed by atoms with Gasteiger partial charge in [0, 0.05) is 26.2 Å². The minimum atomic E-state index is -0.865. The number of carbonyl (C=O) groups excluding carboxylic acids is 1. The van der Waals surface area contributed by atoms with E-state index in [-0.39, 0.29) is 13.0 Å². The second-order valence-corrected chi connectivity index (χ2v) is 2.78.